The number of hydrogen-bond donors (Lipinski definition) is 3. The van der Waals surface area contributed by atoms with Gasteiger partial charge in [0.2, 0.25) is 5.95 Å². The Balaban J connectivity index is 1.37. The van der Waals surface area contributed by atoms with Crippen LogP contribution in [-0.4, -0.2) is 40.9 Å². The van der Waals surface area contributed by atoms with Gasteiger partial charge in [-0.25, -0.2) is 14.8 Å². The SMILES string of the molecule is CC(C)NSc1ccc(Nc2ncc(C3CC(COC(=O)NC(C)CC(F)(F)F)C3)cn2)cc1. The van der Waals surface area contributed by atoms with E-state index in [0.29, 0.717) is 12.0 Å². The zero-order chi connectivity index (χ0) is 24.7. The van der Waals surface area contributed by atoms with E-state index in [1.54, 1.807) is 24.3 Å². The monoisotopic (exact) mass is 497 g/mol. The van der Waals surface area contributed by atoms with Crippen molar-refractivity contribution in [2.45, 2.75) is 69.1 Å². The van der Waals surface area contributed by atoms with Gasteiger partial charge in [0.1, 0.15) is 0 Å². The molecule has 1 aliphatic rings. The summed E-state index contributed by atoms with van der Waals surface area (Å²) in [6.07, 6.45) is -1.02. The molecule has 0 saturated heterocycles. The predicted octanol–water partition coefficient (Wildman–Crippen LogP) is 5.79. The molecule has 2 aromatic rings. The van der Waals surface area contributed by atoms with Crippen LogP contribution in [0, 0.1) is 5.92 Å². The van der Waals surface area contributed by atoms with Crippen LogP contribution in [0.15, 0.2) is 41.6 Å². The number of nitrogens with zero attached hydrogens (tertiary/aromatic N) is 2. The molecule has 1 aromatic carbocycles. The fourth-order valence-electron chi connectivity index (χ4n) is 3.51. The minimum Gasteiger partial charge on any atom is -0.449 e. The number of aromatic nitrogens is 2. The van der Waals surface area contributed by atoms with Crippen molar-refractivity contribution in [3.05, 3.63) is 42.2 Å². The average molecular weight is 498 g/mol. The number of nitrogens with one attached hydrogen (secondary N) is 3. The Hall–Kier alpha value is -2.53. The Morgan fingerprint density at radius 2 is 1.79 bits per heavy atom. The number of alkyl halides is 3. The standard InChI is InChI=1S/C23H30F3N5O2S/c1-14(2)31-34-20-6-4-19(5-7-20)30-21-27-11-18(12-28-21)17-8-16(9-17)13-33-22(32)29-15(3)10-23(24,25)26/h4-7,11-12,14-17,31H,8-10,13H2,1-3H3,(H,29,32)(H,27,28,30). The normalized spacial score (nSPS) is 18.8. The van der Waals surface area contributed by atoms with E-state index in [9.17, 15) is 18.0 Å². The summed E-state index contributed by atoms with van der Waals surface area (Å²) in [5, 5.41) is 5.39. The van der Waals surface area contributed by atoms with Crippen molar-refractivity contribution in [3.63, 3.8) is 0 Å². The number of amides is 1. The van der Waals surface area contributed by atoms with Crippen LogP contribution in [0.1, 0.15) is 51.5 Å². The first-order valence-corrected chi connectivity index (χ1v) is 12.0. The molecule has 7 nitrogen and oxygen atoms in total. The van der Waals surface area contributed by atoms with Crippen LogP contribution in [0.2, 0.25) is 0 Å². The number of carbonyl (C=O) groups is 1. The van der Waals surface area contributed by atoms with Gasteiger partial charge in [0.05, 0.1) is 13.0 Å². The summed E-state index contributed by atoms with van der Waals surface area (Å²) in [5.41, 5.74) is 1.90. The number of carbonyl (C=O) groups excluding carboxylic acids is 1. The molecule has 1 aliphatic carbocycles. The highest BCUT2D eigenvalue weighted by atomic mass is 32.2. The Bertz CT molecular complexity index is 920. The number of benzene rings is 1. The van der Waals surface area contributed by atoms with E-state index >= 15 is 0 Å². The highest BCUT2D eigenvalue weighted by Gasteiger charge is 2.33. The zero-order valence-electron chi connectivity index (χ0n) is 19.4. The van der Waals surface area contributed by atoms with Crippen LogP contribution in [0.25, 0.3) is 0 Å². The molecule has 1 aromatic heterocycles. The first-order valence-electron chi connectivity index (χ1n) is 11.2. The highest BCUT2D eigenvalue weighted by Crippen LogP contribution is 2.41. The number of ether oxygens (including phenoxy) is 1. The molecule has 1 saturated carbocycles. The van der Waals surface area contributed by atoms with E-state index < -0.39 is 24.7 Å². The van der Waals surface area contributed by atoms with Crippen molar-refractivity contribution in [1.29, 1.82) is 0 Å². The molecule has 1 fully saturated rings. The quantitative estimate of drug-likeness (QED) is 0.358. The molecular weight excluding hydrogens is 467 g/mol. The largest absolute Gasteiger partial charge is 0.449 e. The van der Waals surface area contributed by atoms with Gasteiger partial charge in [-0.15, -0.1) is 0 Å². The molecule has 0 spiro atoms. The van der Waals surface area contributed by atoms with Crippen molar-refractivity contribution < 1.29 is 22.7 Å². The summed E-state index contributed by atoms with van der Waals surface area (Å²) >= 11 is 1.59. The zero-order valence-corrected chi connectivity index (χ0v) is 20.2. The fraction of sp³-hybridized carbons (Fsp3) is 0.522. The summed E-state index contributed by atoms with van der Waals surface area (Å²) in [6, 6.07) is 7.35. The first kappa shape index (κ1) is 26.1. The second kappa shape index (κ2) is 11.7. The fourth-order valence-corrected chi connectivity index (χ4v) is 4.16. The molecule has 1 unspecified atom stereocenters. The minimum atomic E-state index is -4.32. The lowest BCUT2D eigenvalue weighted by Crippen LogP contribution is -2.38. The maximum absolute atomic E-state index is 12.3. The predicted molar refractivity (Wildman–Crippen MR) is 126 cm³/mol. The molecule has 11 heteroatoms. The lowest BCUT2D eigenvalue weighted by Gasteiger charge is -2.34. The topological polar surface area (TPSA) is 88.2 Å². The molecule has 1 heterocycles. The van der Waals surface area contributed by atoms with Crippen molar-refractivity contribution in [1.82, 2.24) is 20.0 Å². The van der Waals surface area contributed by atoms with Gasteiger partial charge in [0.15, 0.2) is 0 Å². The van der Waals surface area contributed by atoms with Gasteiger partial charge in [0.25, 0.3) is 0 Å². The first-order chi connectivity index (χ1) is 16.1. The molecule has 0 bridgehead atoms. The van der Waals surface area contributed by atoms with Crippen LogP contribution >= 0.6 is 11.9 Å². The van der Waals surface area contributed by atoms with Gasteiger partial charge >= 0.3 is 12.3 Å². The second-order valence-electron chi connectivity index (χ2n) is 8.86. The third-order valence-corrected chi connectivity index (χ3v) is 6.35. The summed E-state index contributed by atoms with van der Waals surface area (Å²) in [7, 11) is 0. The van der Waals surface area contributed by atoms with Gasteiger partial charge in [-0.2, -0.15) is 13.2 Å². The molecule has 34 heavy (non-hydrogen) atoms. The third kappa shape index (κ3) is 8.68. The van der Waals surface area contributed by atoms with Crippen LogP contribution in [0.5, 0.6) is 0 Å². The van der Waals surface area contributed by atoms with E-state index in [1.165, 1.54) is 6.92 Å². The molecule has 1 amide bonds. The van der Waals surface area contributed by atoms with E-state index in [1.807, 2.05) is 24.3 Å². The maximum atomic E-state index is 12.3. The van der Waals surface area contributed by atoms with E-state index in [4.69, 9.17) is 4.74 Å². The molecule has 3 N–H and O–H groups in total. The van der Waals surface area contributed by atoms with Gasteiger partial charge in [-0.3, -0.25) is 4.72 Å². The van der Waals surface area contributed by atoms with E-state index in [2.05, 4.69) is 39.2 Å². The molecule has 186 valence electrons. The van der Waals surface area contributed by atoms with Crippen molar-refractivity contribution >= 4 is 29.7 Å². The number of hydrogen-bond acceptors (Lipinski definition) is 7. The van der Waals surface area contributed by atoms with Gasteiger partial charge in [-0.1, -0.05) is 0 Å². The Labute approximate surface area is 201 Å². The van der Waals surface area contributed by atoms with Crippen LogP contribution < -0.4 is 15.4 Å². The highest BCUT2D eigenvalue weighted by molar-refractivity contribution is 7.97. The lowest BCUT2D eigenvalue weighted by molar-refractivity contribution is -0.138. The molecule has 0 aliphatic heterocycles. The minimum absolute atomic E-state index is 0.174. The summed E-state index contributed by atoms with van der Waals surface area (Å²) in [6.45, 7) is 5.66. The van der Waals surface area contributed by atoms with E-state index in [-0.39, 0.29) is 18.4 Å². The molecule has 1 atom stereocenters. The van der Waals surface area contributed by atoms with Crippen LogP contribution in [0.3, 0.4) is 0 Å². The van der Waals surface area contributed by atoms with Crippen LogP contribution in [-0.2, 0) is 4.74 Å². The summed E-state index contributed by atoms with van der Waals surface area (Å²) in [4.78, 5) is 21.6. The van der Waals surface area contributed by atoms with E-state index in [0.717, 1.165) is 29.0 Å². The number of anilines is 2. The average Bonchev–Trinajstić information content (AvgIpc) is 2.71. The van der Waals surface area contributed by atoms with Gasteiger partial charge in [-0.05, 0) is 87.2 Å². The van der Waals surface area contributed by atoms with Gasteiger partial charge < -0.3 is 15.4 Å². The number of rotatable bonds is 10. The number of halogens is 3. The van der Waals surface area contributed by atoms with Crippen LogP contribution in [0.4, 0.5) is 29.6 Å². The summed E-state index contributed by atoms with van der Waals surface area (Å²) < 4.78 is 45.3. The maximum Gasteiger partial charge on any atom is 0.407 e. The smallest absolute Gasteiger partial charge is 0.407 e. The number of alkyl carbamates (subject to hydrolysis) is 1. The third-order valence-electron chi connectivity index (χ3n) is 5.25. The second-order valence-corrected chi connectivity index (χ2v) is 9.77. The van der Waals surface area contributed by atoms with Crippen molar-refractivity contribution in [2.75, 3.05) is 11.9 Å². The Morgan fingerprint density at radius 3 is 2.38 bits per heavy atom. The molecular formula is C23H30F3N5O2S. The Kier molecular flexibility index (Phi) is 9.01. The molecule has 3 rings (SSSR count). The lowest BCUT2D eigenvalue weighted by atomic mass is 9.72. The van der Waals surface area contributed by atoms with Crippen molar-refractivity contribution in [3.8, 4) is 0 Å². The summed E-state index contributed by atoms with van der Waals surface area (Å²) in [5.74, 6) is 0.959. The Morgan fingerprint density at radius 1 is 1.15 bits per heavy atom. The van der Waals surface area contributed by atoms with Crippen molar-refractivity contribution in [2.24, 2.45) is 5.92 Å². The van der Waals surface area contributed by atoms with Gasteiger partial charge in [0, 0.05) is 35.1 Å². The molecule has 0 radical (unpaired) electrons.